The maximum Gasteiger partial charge on any atom is 0.256 e. The number of aryl methyl sites for hydroxylation is 1. The van der Waals surface area contributed by atoms with Crippen molar-refractivity contribution in [1.29, 1.82) is 0 Å². The van der Waals surface area contributed by atoms with E-state index in [1.165, 1.54) is 21.3 Å². The number of carbonyl (C=O) groups is 1. The number of ether oxygens (including phenoxy) is 3. The van der Waals surface area contributed by atoms with Gasteiger partial charge in [-0.2, -0.15) is 0 Å². The molecule has 0 fully saturated rings. The summed E-state index contributed by atoms with van der Waals surface area (Å²) in [5, 5.41) is 2.88. The summed E-state index contributed by atoms with van der Waals surface area (Å²) in [5.74, 6) is 0.976. The number of imidazole rings is 1. The van der Waals surface area contributed by atoms with Crippen LogP contribution >= 0.6 is 0 Å². The summed E-state index contributed by atoms with van der Waals surface area (Å²) in [7, 11) is 4.53. The summed E-state index contributed by atoms with van der Waals surface area (Å²) in [6.07, 6.45) is 3.77. The van der Waals surface area contributed by atoms with Gasteiger partial charge in [0.1, 0.15) is 0 Å². The molecule has 2 aromatic heterocycles. The highest BCUT2D eigenvalue weighted by Crippen LogP contribution is 2.38. The van der Waals surface area contributed by atoms with Crippen molar-refractivity contribution in [2.24, 2.45) is 0 Å². The zero-order valence-corrected chi connectivity index (χ0v) is 14.5. The number of methoxy groups -OCH3 is 3. The Labute approximate surface area is 145 Å². The summed E-state index contributed by atoms with van der Waals surface area (Å²) in [6, 6.07) is 6.86. The predicted octanol–water partition coefficient (Wildman–Crippen LogP) is 2.92. The first-order valence-electron chi connectivity index (χ1n) is 7.63. The molecular weight excluding hydrogens is 322 g/mol. The Morgan fingerprint density at radius 3 is 2.40 bits per heavy atom. The highest BCUT2D eigenvalue weighted by molar-refractivity contribution is 6.06. The molecule has 0 saturated heterocycles. The molecule has 2 heterocycles. The standard InChI is InChI=1S/C18H19N3O4/c1-11-10-21-7-5-6-13(17(21)19-11)20-18(22)12-8-14(23-2)16(25-4)15(9-12)24-3/h5-10H,1-4H3,(H,20,22). The lowest BCUT2D eigenvalue weighted by atomic mass is 10.1. The van der Waals surface area contributed by atoms with Crippen molar-refractivity contribution in [3.63, 3.8) is 0 Å². The molecule has 1 aromatic carbocycles. The van der Waals surface area contributed by atoms with Crippen LogP contribution in [0.25, 0.3) is 5.65 Å². The molecule has 3 aromatic rings. The Morgan fingerprint density at radius 2 is 1.80 bits per heavy atom. The van der Waals surface area contributed by atoms with E-state index in [4.69, 9.17) is 14.2 Å². The van der Waals surface area contributed by atoms with E-state index in [0.717, 1.165) is 5.69 Å². The molecule has 130 valence electrons. The van der Waals surface area contributed by atoms with Gasteiger partial charge >= 0.3 is 0 Å². The fourth-order valence-electron chi connectivity index (χ4n) is 2.64. The molecule has 25 heavy (non-hydrogen) atoms. The van der Waals surface area contributed by atoms with E-state index >= 15 is 0 Å². The number of carbonyl (C=O) groups excluding carboxylic acids is 1. The van der Waals surface area contributed by atoms with Crippen molar-refractivity contribution < 1.29 is 19.0 Å². The molecule has 0 aliphatic heterocycles. The van der Waals surface area contributed by atoms with Gasteiger partial charge in [0.15, 0.2) is 17.1 Å². The summed E-state index contributed by atoms with van der Waals surface area (Å²) in [4.78, 5) is 17.1. The molecular formula is C18H19N3O4. The number of rotatable bonds is 5. The fraction of sp³-hybridized carbons (Fsp3) is 0.222. The van der Waals surface area contributed by atoms with Crippen LogP contribution in [0, 0.1) is 6.92 Å². The highest BCUT2D eigenvalue weighted by atomic mass is 16.5. The first kappa shape index (κ1) is 16.6. The lowest BCUT2D eigenvalue weighted by Crippen LogP contribution is -2.13. The summed E-state index contributed by atoms with van der Waals surface area (Å²) in [5.41, 5.74) is 2.56. The summed E-state index contributed by atoms with van der Waals surface area (Å²) >= 11 is 0. The molecule has 1 N–H and O–H groups in total. The van der Waals surface area contributed by atoms with E-state index in [0.29, 0.717) is 34.1 Å². The van der Waals surface area contributed by atoms with Crippen LogP contribution < -0.4 is 19.5 Å². The van der Waals surface area contributed by atoms with Crippen molar-refractivity contribution in [2.45, 2.75) is 6.92 Å². The number of nitrogens with one attached hydrogen (secondary N) is 1. The number of anilines is 1. The largest absolute Gasteiger partial charge is 0.493 e. The maximum absolute atomic E-state index is 12.7. The van der Waals surface area contributed by atoms with Crippen LogP contribution in [0.2, 0.25) is 0 Å². The lowest BCUT2D eigenvalue weighted by molar-refractivity contribution is 0.102. The minimum atomic E-state index is -0.298. The van der Waals surface area contributed by atoms with Crippen LogP contribution in [0.4, 0.5) is 5.69 Å². The monoisotopic (exact) mass is 341 g/mol. The second-order valence-corrected chi connectivity index (χ2v) is 5.40. The number of amides is 1. The van der Waals surface area contributed by atoms with E-state index in [9.17, 15) is 4.79 Å². The van der Waals surface area contributed by atoms with Crippen LogP contribution in [0.15, 0.2) is 36.7 Å². The quantitative estimate of drug-likeness (QED) is 0.772. The minimum absolute atomic E-state index is 0.298. The molecule has 0 radical (unpaired) electrons. The Hall–Kier alpha value is -3.22. The average Bonchev–Trinajstić information content (AvgIpc) is 3.01. The van der Waals surface area contributed by atoms with Gasteiger partial charge in [-0.25, -0.2) is 4.98 Å². The first-order chi connectivity index (χ1) is 12.1. The van der Waals surface area contributed by atoms with Crippen molar-refractivity contribution in [3.05, 3.63) is 47.9 Å². The summed E-state index contributed by atoms with van der Waals surface area (Å²) < 4.78 is 17.7. The second-order valence-electron chi connectivity index (χ2n) is 5.40. The third-order valence-corrected chi connectivity index (χ3v) is 3.78. The van der Waals surface area contributed by atoms with Gasteiger partial charge in [-0.15, -0.1) is 0 Å². The molecule has 0 aliphatic carbocycles. The van der Waals surface area contributed by atoms with E-state index in [-0.39, 0.29) is 5.91 Å². The van der Waals surface area contributed by atoms with Gasteiger partial charge in [-0.3, -0.25) is 4.79 Å². The van der Waals surface area contributed by atoms with Crippen LogP contribution in [0.5, 0.6) is 17.2 Å². The Kier molecular flexibility index (Phi) is 4.47. The van der Waals surface area contributed by atoms with E-state index in [2.05, 4.69) is 10.3 Å². The SMILES string of the molecule is COc1cc(C(=O)Nc2cccn3cc(C)nc23)cc(OC)c1OC. The van der Waals surface area contributed by atoms with Crippen molar-refractivity contribution in [2.75, 3.05) is 26.6 Å². The Morgan fingerprint density at radius 1 is 1.12 bits per heavy atom. The number of benzene rings is 1. The van der Waals surface area contributed by atoms with Gasteiger partial charge in [0.25, 0.3) is 5.91 Å². The predicted molar refractivity (Wildman–Crippen MR) is 94.0 cm³/mol. The fourth-order valence-corrected chi connectivity index (χ4v) is 2.64. The normalized spacial score (nSPS) is 10.6. The van der Waals surface area contributed by atoms with Crippen molar-refractivity contribution in [3.8, 4) is 17.2 Å². The first-order valence-corrected chi connectivity index (χ1v) is 7.63. The maximum atomic E-state index is 12.7. The molecule has 0 spiro atoms. The van der Waals surface area contributed by atoms with Crippen LogP contribution in [0.1, 0.15) is 16.1 Å². The topological polar surface area (TPSA) is 74.1 Å². The number of hydrogen-bond acceptors (Lipinski definition) is 5. The Balaban J connectivity index is 1.98. The van der Waals surface area contributed by atoms with Gasteiger partial charge in [-0.05, 0) is 31.2 Å². The molecule has 3 rings (SSSR count). The molecule has 0 atom stereocenters. The summed E-state index contributed by atoms with van der Waals surface area (Å²) in [6.45, 7) is 1.90. The molecule has 0 unspecified atom stereocenters. The molecule has 7 nitrogen and oxygen atoms in total. The number of pyridine rings is 1. The smallest absolute Gasteiger partial charge is 0.256 e. The highest BCUT2D eigenvalue weighted by Gasteiger charge is 2.18. The number of aromatic nitrogens is 2. The molecule has 1 amide bonds. The third-order valence-electron chi connectivity index (χ3n) is 3.78. The molecule has 0 bridgehead atoms. The average molecular weight is 341 g/mol. The zero-order valence-electron chi connectivity index (χ0n) is 14.5. The van der Waals surface area contributed by atoms with E-state index in [1.807, 2.05) is 29.8 Å². The third kappa shape index (κ3) is 3.08. The number of nitrogens with zero attached hydrogens (tertiary/aromatic N) is 2. The van der Waals surface area contributed by atoms with Crippen LogP contribution in [-0.4, -0.2) is 36.6 Å². The number of hydrogen-bond donors (Lipinski definition) is 1. The van der Waals surface area contributed by atoms with Gasteiger partial charge < -0.3 is 23.9 Å². The lowest BCUT2D eigenvalue weighted by Gasteiger charge is -2.14. The molecule has 0 saturated carbocycles. The molecule has 7 heteroatoms. The zero-order chi connectivity index (χ0) is 18.0. The van der Waals surface area contributed by atoms with Crippen molar-refractivity contribution >= 4 is 17.2 Å². The number of fused-ring (bicyclic) bond motifs is 1. The van der Waals surface area contributed by atoms with Crippen LogP contribution in [-0.2, 0) is 0 Å². The van der Waals surface area contributed by atoms with E-state index < -0.39 is 0 Å². The van der Waals surface area contributed by atoms with E-state index in [1.54, 1.807) is 18.2 Å². The second kappa shape index (κ2) is 6.72. The van der Waals surface area contributed by atoms with Gasteiger partial charge in [0.2, 0.25) is 5.75 Å². The molecule has 0 aliphatic rings. The Bertz CT molecular complexity index is 908. The van der Waals surface area contributed by atoms with Gasteiger partial charge in [0, 0.05) is 18.0 Å². The van der Waals surface area contributed by atoms with Gasteiger partial charge in [-0.1, -0.05) is 0 Å². The van der Waals surface area contributed by atoms with Crippen molar-refractivity contribution in [1.82, 2.24) is 9.38 Å². The van der Waals surface area contributed by atoms with Crippen LogP contribution in [0.3, 0.4) is 0 Å². The van der Waals surface area contributed by atoms with Gasteiger partial charge in [0.05, 0.1) is 32.7 Å². The minimum Gasteiger partial charge on any atom is -0.493 e.